The van der Waals surface area contributed by atoms with Crippen molar-refractivity contribution in [2.24, 2.45) is 0 Å². The SMILES string of the molecule is CCOC(=O)C=CCCCCCBr. The molecule has 2 nitrogen and oxygen atoms in total. The zero-order chi connectivity index (χ0) is 9.94. The van der Waals surface area contributed by atoms with Crippen molar-refractivity contribution in [1.29, 1.82) is 0 Å². The lowest BCUT2D eigenvalue weighted by Crippen LogP contribution is -1.98. The Morgan fingerprint density at radius 3 is 2.77 bits per heavy atom. The molecule has 0 saturated carbocycles. The van der Waals surface area contributed by atoms with Crippen molar-refractivity contribution in [2.45, 2.75) is 32.6 Å². The van der Waals surface area contributed by atoms with E-state index in [2.05, 4.69) is 15.9 Å². The van der Waals surface area contributed by atoms with Crippen molar-refractivity contribution in [3.63, 3.8) is 0 Å². The largest absolute Gasteiger partial charge is 0.463 e. The second-order valence-electron chi connectivity index (χ2n) is 2.69. The molecule has 13 heavy (non-hydrogen) atoms. The highest BCUT2D eigenvalue weighted by atomic mass is 79.9. The van der Waals surface area contributed by atoms with Crippen LogP contribution >= 0.6 is 15.9 Å². The van der Waals surface area contributed by atoms with E-state index in [9.17, 15) is 4.79 Å². The molecule has 0 aliphatic heterocycles. The standard InChI is InChI=1S/C10H17BrO2/c1-2-13-10(12)8-6-4-3-5-7-9-11/h6,8H,2-5,7,9H2,1H3. The van der Waals surface area contributed by atoms with Gasteiger partial charge in [0.1, 0.15) is 0 Å². The van der Waals surface area contributed by atoms with E-state index >= 15 is 0 Å². The van der Waals surface area contributed by atoms with Crippen LogP contribution in [0.1, 0.15) is 32.6 Å². The monoisotopic (exact) mass is 248 g/mol. The van der Waals surface area contributed by atoms with Gasteiger partial charge in [-0.15, -0.1) is 0 Å². The number of unbranched alkanes of at least 4 members (excludes halogenated alkanes) is 3. The summed E-state index contributed by atoms with van der Waals surface area (Å²) in [6.45, 7) is 2.26. The number of esters is 1. The fourth-order valence-corrected chi connectivity index (χ4v) is 1.30. The number of hydrogen-bond donors (Lipinski definition) is 0. The van der Waals surface area contributed by atoms with E-state index in [1.165, 1.54) is 18.9 Å². The average molecular weight is 249 g/mol. The first-order chi connectivity index (χ1) is 6.31. The van der Waals surface area contributed by atoms with Crippen LogP contribution in [0.5, 0.6) is 0 Å². The molecule has 0 aromatic carbocycles. The summed E-state index contributed by atoms with van der Waals surface area (Å²) in [5, 5.41) is 1.06. The summed E-state index contributed by atoms with van der Waals surface area (Å²) in [4.78, 5) is 10.8. The maximum absolute atomic E-state index is 10.8. The molecule has 0 aliphatic rings. The first-order valence-electron chi connectivity index (χ1n) is 4.70. The number of carbonyl (C=O) groups excluding carboxylic acids is 1. The van der Waals surface area contributed by atoms with Crippen molar-refractivity contribution in [2.75, 3.05) is 11.9 Å². The fourth-order valence-electron chi connectivity index (χ4n) is 0.903. The molecule has 0 aliphatic carbocycles. The van der Waals surface area contributed by atoms with Gasteiger partial charge >= 0.3 is 5.97 Å². The number of ether oxygens (including phenoxy) is 1. The predicted molar refractivity (Wildman–Crippen MR) is 58.0 cm³/mol. The molecule has 0 saturated heterocycles. The Morgan fingerprint density at radius 1 is 1.38 bits per heavy atom. The summed E-state index contributed by atoms with van der Waals surface area (Å²) < 4.78 is 4.74. The van der Waals surface area contributed by atoms with E-state index in [1.807, 2.05) is 13.0 Å². The molecule has 0 spiro atoms. The number of allylic oxidation sites excluding steroid dienone is 1. The maximum atomic E-state index is 10.8. The molecule has 0 radical (unpaired) electrons. The molecule has 0 atom stereocenters. The molecule has 0 unspecified atom stereocenters. The van der Waals surface area contributed by atoms with E-state index in [4.69, 9.17) is 4.74 Å². The van der Waals surface area contributed by atoms with E-state index in [0.29, 0.717) is 6.61 Å². The van der Waals surface area contributed by atoms with Crippen LogP contribution in [0.4, 0.5) is 0 Å². The van der Waals surface area contributed by atoms with Crippen LogP contribution in [0, 0.1) is 0 Å². The molecule has 0 aromatic rings. The molecule has 0 bridgehead atoms. The zero-order valence-electron chi connectivity index (χ0n) is 8.09. The van der Waals surface area contributed by atoms with Crippen molar-refractivity contribution < 1.29 is 9.53 Å². The molecule has 0 amide bonds. The molecule has 0 fully saturated rings. The Hall–Kier alpha value is -0.310. The van der Waals surface area contributed by atoms with E-state index < -0.39 is 0 Å². The minimum Gasteiger partial charge on any atom is -0.463 e. The normalized spacial score (nSPS) is 10.6. The van der Waals surface area contributed by atoms with Crippen LogP contribution in [-0.4, -0.2) is 17.9 Å². The van der Waals surface area contributed by atoms with Crippen LogP contribution in [-0.2, 0) is 9.53 Å². The first-order valence-corrected chi connectivity index (χ1v) is 5.82. The lowest BCUT2D eigenvalue weighted by Gasteiger charge is -1.95. The predicted octanol–water partition coefficient (Wildman–Crippen LogP) is 3.06. The van der Waals surface area contributed by atoms with Gasteiger partial charge in [-0.25, -0.2) is 4.79 Å². The molecular formula is C10H17BrO2. The lowest BCUT2D eigenvalue weighted by atomic mass is 10.2. The molecular weight excluding hydrogens is 232 g/mol. The second-order valence-corrected chi connectivity index (χ2v) is 3.49. The van der Waals surface area contributed by atoms with E-state index in [-0.39, 0.29) is 5.97 Å². The molecule has 0 N–H and O–H groups in total. The highest BCUT2D eigenvalue weighted by Gasteiger charge is 1.91. The zero-order valence-corrected chi connectivity index (χ0v) is 9.68. The van der Waals surface area contributed by atoms with Gasteiger partial charge in [0.15, 0.2) is 0 Å². The van der Waals surface area contributed by atoms with Crippen molar-refractivity contribution in [3.05, 3.63) is 12.2 Å². The maximum Gasteiger partial charge on any atom is 0.330 e. The van der Waals surface area contributed by atoms with Gasteiger partial charge in [0, 0.05) is 11.4 Å². The summed E-state index contributed by atoms with van der Waals surface area (Å²) in [5.74, 6) is -0.233. The summed E-state index contributed by atoms with van der Waals surface area (Å²) in [7, 11) is 0. The molecule has 76 valence electrons. The molecule has 3 heteroatoms. The van der Waals surface area contributed by atoms with Crippen molar-refractivity contribution in [1.82, 2.24) is 0 Å². The van der Waals surface area contributed by atoms with Gasteiger partial charge in [-0.2, -0.15) is 0 Å². The van der Waals surface area contributed by atoms with E-state index in [1.54, 1.807) is 0 Å². The average Bonchev–Trinajstić information content (AvgIpc) is 2.11. The summed E-state index contributed by atoms with van der Waals surface area (Å²) in [6, 6.07) is 0. The fraction of sp³-hybridized carbons (Fsp3) is 0.700. The van der Waals surface area contributed by atoms with Crippen LogP contribution < -0.4 is 0 Å². The van der Waals surface area contributed by atoms with Gasteiger partial charge in [0.2, 0.25) is 0 Å². The lowest BCUT2D eigenvalue weighted by molar-refractivity contribution is -0.137. The Morgan fingerprint density at radius 2 is 2.15 bits per heavy atom. The number of alkyl halides is 1. The third-order valence-corrected chi connectivity index (χ3v) is 2.11. The Balaban J connectivity index is 3.25. The van der Waals surface area contributed by atoms with Crippen molar-refractivity contribution in [3.8, 4) is 0 Å². The third-order valence-electron chi connectivity index (χ3n) is 1.54. The van der Waals surface area contributed by atoms with Crippen LogP contribution in [0.25, 0.3) is 0 Å². The van der Waals surface area contributed by atoms with Gasteiger partial charge in [-0.05, 0) is 26.2 Å². The van der Waals surface area contributed by atoms with Gasteiger partial charge < -0.3 is 4.74 Å². The van der Waals surface area contributed by atoms with Gasteiger partial charge in [-0.1, -0.05) is 28.4 Å². The Bertz CT molecular complexity index is 155. The third kappa shape index (κ3) is 9.61. The summed E-state index contributed by atoms with van der Waals surface area (Å²) in [5.41, 5.74) is 0. The Labute approximate surface area is 88.5 Å². The quantitative estimate of drug-likeness (QED) is 0.300. The number of halogens is 1. The smallest absolute Gasteiger partial charge is 0.330 e. The summed E-state index contributed by atoms with van der Waals surface area (Å²) >= 11 is 3.37. The molecule has 0 aromatic heterocycles. The first kappa shape index (κ1) is 12.7. The number of rotatable bonds is 7. The van der Waals surface area contributed by atoms with Crippen LogP contribution in [0.3, 0.4) is 0 Å². The highest BCUT2D eigenvalue weighted by Crippen LogP contribution is 2.02. The van der Waals surface area contributed by atoms with Gasteiger partial charge in [0.05, 0.1) is 6.61 Å². The second kappa shape index (κ2) is 9.78. The van der Waals surface area contributed by atoms with Gasteiger partial charge in [0.25, 0.3) is 0 Å². The summed E-state index contributed by atoms with van der Waals surface area (Å²) in [6.07, 6.45) is 7.91. The van der Waals surface area contributed by atoms with Crippen LogP contribution in [0.15, 0.2) is 12.2 Å². The van der Waals surface area contributed by atoms with E-state index in [0.717, 1.165) is 18.2 Å². The minimum absolute atomic E-state index is 0.233. The number of hydrogen-bond acceptors (Lipinski definition) is 2. The topological polar surface area (TPSA) is 26.3 Å². The Kier molecular flexibility index (Phi) is 9.54. The number of carbonyl (C=O) groups is 1. The molecule has 0 heterocycles. The van der Waals surface area contributed by atoms with Crippen LogP contribution in [0.2, 0.25) is 0 Å². The van der Waals surface area contributed by atoms with Crippen molar-refractivity contribution >= 4 is 21.9 Å². The minimum atomic E-state index is -0.233. The molecule has 0 rings (SSSR count). The van der Waals surface area contributed by atoms with Gasteiger partial charge in [-0.3, -0.25) is 0 Å². The highest BCUT2D eigenvalue weighted by molar-refractivity contribution is 9.09.